The number of hydrogen-bond donors (Lipinski definition) is 1. The van der Waals surface area contributed by atoms with Crippen LogP contribution in [0.15, 0.2) is 54.3 Å². The molecule has 0 fully saturated rings. The van der Waals surface area contributed by atoms with E-state index in [4.69, 9.17) is 4.74 Å². The summed E-state index contributed by atoms with van der Waals surface area (Å²) >= 11 is 1.61. The lowest BCUT2D eigenvalue weighted by Crippen LogP contribution is -2.04. The zero-order valence-electron chi connectivity index (χ0n) is 13.0. The van der Waals surface area contributed by atoms with Crippen molar-refractivity contribution in [3.63, 3.8) is 0 Å². The van der Waals surface area contributed by atoms with Crippen LogP contribution < -0.4 is 10.1 Å². The number of methoxy groups -OCH3 is 1. The maximum absolute atomic E-state index is 5.18. The topological polar surface area (TPSA) is 64.9 Å². The summed E-state index contributed by atoms with van der Waals surface area (Å²) in [5.41, 5.74) is 1.93. The van der Waals surface area contributed by atoms with Gasteiger partial charge in [-0.1, -0.05) is 0 Å². The van der Waals surface area contributed by atoms with Gasteiger partial charge in [0.2, 0.25) is 0 Å². The highest BCUT2D eigenvalue weighted by Gasteiger charge is 2.06. The first-order valence-electron chi connectivity index (χ1n) is 7.44. The number of benzene rings is 1. The van der Waals surface area contributed by atoms with Crippen LogP contribution in [-0.2, 0) is 6.54 Å². The predicted octanol–water partition coefficient (Wildman–Crippen LogP) is 3.50. The number of ether oxygens (including phenoxy) is 1. The molecule has 3 heterocycles. The minimum absolute atomic E-state index is 0.602. The van der Waals surface area contributed by atoms with E-state index < -0.39 is 0 Å². The van der Waals surface area contributed by atoms with Crippen LogP contribution in [0.1, 0.15) is 5.69 Å². The lowest BCUT2D eigenvalue weighted by atomic mass is 10.3. The number of fused-ring (bicyclic) bond motifs is 1. The summed E-state index contributed by atoms with van der Waals surface area (Å²) in [6, 6.07) is 11.8. The normalized spacial score (nSPS) is 10.9. The van der Waals surface area contributed by atoms with Gasteiger partial charge in [-0.05, 0) is 41.8 Å². The highest BCUT2D eigenvalue weighted by Crippen LogP contribution is 2.24. The number of aromatic nitrogens is 4. The zero-order valence-corrected chi connectivity index (χ0v) is 13.8. The van der Waals surface area contributed by atoms with Crippen molar-refractivity contribution < 1.29 is 4.74 Å². The number of hydrogen-bond acceptors (Lipinski definition) is 6. The van der Waals surface area contributed by atoms with Crippen LogP contribution in [0.25, 0.3) is 15.9 Å². The summed E-state index contributed by atoms with van der Waals surface area (Å²) in [7, 11) is 1.66. The number of rotatable bonds is 5. The van der Waals surface area contributed by atoms with E-state index in [2.05, 4.69) is 20.4 Å². The Hall–Kier alpha value is -2.93. The van der Waals surface area contributed by atoms with E-state index in [1.807, 2.05) is 52.7 Å². The Kier molecular flexibility index (Phi) is 3.84. The minimum Gasteiger partial charge on any atom is -0.497 e. The zero-order chi connectivity index (χ0) is 16.4. The average molecular weight is 337 g/mol. The Bertz CT molecular complexity index is 960. The molecule has 120 valence electrons. The van der Waals surface area contributed by atoms with E-state index in [9.17, 15) is 0 Å². The van der Waals surface area contributed by atoms with E-state index in [0.717, 1.165) is 33.2 Å². The van der Waals surface area contributed by atoms with Gasteiger partial charge in [0, 0.05) is 6.20 Å². The van der Waals surface area contributed by atoms with Gasteiger partial charge < -0.3 is 10.1 Å². The number of nitrogens with one attached hydrogen (secondary N) is 1. The molecule has 3 aromatic heterocycles. The molecule has 7 heteroatoms. The van der Waals surface area contributed by atoms with Crippen LogP contribution in [0.3, 0.4) is 0 Å². The second-order valence-electron chi connectivity index (χ2n) is 5.16. The molecular weight excluding hydrogens is 322 g/mol. The van der Waals surface area contributed by atoms with Gasteiger partial charge in [-0.25, -0.2) is 14.6 Å². The van der Waals surface area contributed by atoms with Gasteiger partial charge in [0.15, 0.2) is 0 Å². The molecule has 0 saturated heterocycles. The van der Waals surface area contributed by atoms with Crippen molar-refractivity contribution in [1.82, 2.24) is 19.7 Å². The lowest BCUT2D eigenvalue weighted by molar-refractivity contribution is 0.414. The van der Waals surface area contributed by atoms with Crippen molar-refractivity contribution in [3.05, 3.63) is 60.0 Å². The van der Waals surface area contributed by atoms with E-state index in [-0.39, 0.29) is 0 Å². The molecule has 1 N–H and O–H groups in total. The van der Waals surface area contributed by atoms with Gasteiger partial charge in [-0.2, -0.15) is 5.10 Å². The summed E-state index contributed by atoms with van der Waals surface area (Å²) < 4.78 is 7.02. The van der Waals surface area contributed by atoms with Crippen molar-refractivity contribution in [3.8, 4) is 11.4 Å². The highest BCUT2D eigenvalue weighted by atomic mass is 32.1. The maximum atomic E-state index is 5.18. The van der Waals surface area contributed by atoms with Gasteiger partial charge in [-0.15, -0.1) is 11.3 Å². The Morgan fingerprint density at radius 3 is 2.83 bits per heavy atom. The average Bonchev–Trinajstić information content (AvgIpc) is 3.29. The number of anilines is 1. The molecule has 0 bridgehead atoms. The first-order valence-corrected chi connectivity index (χ1v) is 8.32. The van der Waals surface area contributed by atoms with Gasteiger partial charge >= 0.3 is 0 Å². The molecule has 4 rings (SSSR count). The van der Waals surface area contributed by atoms with Crippen molar-refractivity contribution >= 4 is 27.4 Å². The quantitative estimate of drug-likeness (QED) is 0.604. The highest BCUT2D eigenvalue weighted by molar-refractivity contribution is 7.16. The standard InChI is InChI=1S/C17H15N5OS/c1-23-14-4-2-13(3-5-14)22-8-6-12(21-22)10-18-16-15-7-9-24-17(15)20-11-19-16/h2-9,11H,10H2,1H3,(H,18,19,20). The Morgan fingerprint density at radius 1 is 1.12 bits per heavy atom. The van der Waals surface area contributed by atoms with Gasteiger partial charge in [0.25, 0.3) is 0 Å². The summed E-state index contributed by atoms with van der Waals surface area (Å²) in [4.78, 5) is 9.55. The maximum Gasteiger partial charge on any atom is 0.138 e. The fourth-order valence-electron chi connectivity index (χ4n) is 2.44. The fraction of sp³-hybridized carbons (Fsp3) is 0.118. The largest absolute Gasteiger partial charge is 0.497 e. The molecule has 0 radical (unpaired) electrons. The van der Waals surface area contributed by atoms with Crippen molar-refractivity contribution in [2.75, 3.05) is 12.4 Å². The van der Waals surface area contributed by atoms with Crippen LogP contribution in [0.5, 0.6) is 5.75 Å². The fourth-order valence-corrected chi connectivity index (χ4v) is 3.17. The van der Waals surface area contributed by atoms with Crippen LogP contribution >= 0.6 is 11.3 Å². The molecule has 0 spiro atoms. The van der Waals surface area contributed by atoms with Gasteiger partial charge in [0.1, 0.15) is 22.7 Å². The van der Waals surface area contributed by atoms with Crippen LogP contribution in [-0.4, -0.2) is 26.9 Å². The van der Waals surface area contributed by atoms with Crippen LogP contribution in [0, 0.1) is 0 Å². The Balaban J connectivity index is 1.50. The molecule has 0 aliphatic carbocycles. The van der Waals surface area contributed by atoms with E-state index in [1.165, 1.54) is 0 Å². The second kappa shape index (κ2) is 6.29. The number of thiophene rings is 1. The van der Waals surface area contributed by atoms with Crippen LogP contribution in [0.2, 0.25) is 0 Å². The molecule has 0 unspecified atom stereocenters. The van der Waals surface area contributed by atoms with E-state index in [0.29, 0.717) is 6.54 Å². The molecule has 1 aromatic carbocycles. The van der Waals surface area contributed by atoms with Crippen molar-refractivity contribution in [1.29, 1.82) is 0 Å². The molecular formula is C17H15N5OS. The molecule has 4 aromatic rings. The third-order valence-corrected chi connectivity index (χ3v) is 4.50. The molecule has 0 amide bonds. The van der Waals surface area contributed by atoms with Crippen molar-refractivity contribution in [2.45, 2.75) is 6.54 Å². The van der Waals surface area contributed by atoms with E-state index >= 15 is 0 Å². The minimum atomic E-state index is 0.602. The second-order valence-corrected chi connectivity index (χ2v) is 6.06. The van der Waals surface area contributed by atoms with E-state index in [1.54, 1.807) is 24.8 Å². The molecule has 24 heavy (non-hydrogen) atoms. The molecule has 0 atom stereocenters. The molecule has 0 aliphatic heterocycles. The Morgan fingerprint density at radius 2 is 2.00 bits per heavy atom. The Labute approximate surface area is 142 Å². The van der Waals surface area contributed by atoms with Gasteiger partial charge in [-0.3, -0.25) is 0 Å². The van der Waals surface area contributed by atoms with Gasteiger partial charge in [0.05, 0.1) is 30.4 Å². The third-order valence-electron chi connectivity index (χ3n) is 3.68. The number of nitrogens with zero attached hydrogens (tertiary/aromatic N) is 4. The molecule has 6 nitrogen and oxygen atoms in total. The van der Waals surface area contributed by atoms with Crippen LogP contribution in [0.4, 0.5) is 5.82 Å². The SMILES string of the molecule is COc1ccc(-n2ccc(CNc3ncnc4sccc34)n2)cc1. The smallest absolute Gasteiger partial charge is 0.138 e. The first-order chi connectivity index (χ1) is 11.8. The van der Waals surface area contributed by atoms with Crippen molar-refractivity contribution in [2.24, 2.45) is 0 Å². The summed E-state index contributed by atoms with van der Waals surface area (Å²) in [6.45, 7) is 0.602. The monoisotopic (exact) mass is 337 g/mol. The third kappa shape index (κ3) is 2.81. The molecule has 0 aliphatic rings. The first kappa shape index (κ1) is 14.6. The lowest BCUT2D eigenvalue weighted by Gasteiger charge is -2.05. The summed E-state index contributed by atoms with van der Waals surface area (Å²) in [5.74, 6) is 1.66. The summed E-state index contributed by atoms with van der Waals surface area (Å²) in [6.07, 6.45) is 3.52. The predicted molar refractivity (Wildman–Crippen MR) is 94.9 cm³/mol. The molecule has 0 saturated carbocycles. The summed E-state index contributed by atoms with van der Waals surface area (Å²) in [5, 5.41) is 11.0.